The highest BCUT2D eigenvalue weighted by molar-refractivity contribution is 7.85. The third kappa shape index (κ3) is 10.5. The van der Waals surface area contributed by atoms with E-state index in [9.17, 15) is 39.2 Å². The molecule has 0 heterocycles. The van der Waals surface area contributed by atoms with E-state index in [0.717, 1.165) is 0 Å². The van der Waals surface area contributed by atoms with Crippen molar-refractivity contribution in [3.05, 3.63) is 12.7 Å². The fourth-order valence-electron chi connectivity index (χ4n) is 1.13. The Balaban J connectivity index is 0. The van der Waals surface area contributed by atoms with Gasteiger partial charge in [0.25, 0.3) is 10.1 Å². The molecule has 0 saturated heterocycles. The second-order valence-corrected chi connectivity index (χ2v) is 5.73. The Labute approximate surface area is 129 Å². The van der Waals surface area contributed by atoms with E-state index >= 15 is 0 Å². The van der Waals surface area contributed by atoms with Crippen molar-refractivity contribution < 1.29 is 43.7 Å². The molecule has 0 aromatic carbocycles. The van der Waals surface area contributed by atoms with E-state index in [0.29, 0.717) is 6.54 Å². The Morgan fingerprint density at radius 2 is 1.30 bits per heavy atom. The standard InChI is InChI=1S/C8H11F7O3S.C3H7N/c9-1-3(10)5(12)7(14)8(15)6(13)4(11)2-19(16,17)18;1-2-3-4/h3-8H,1-2H2,(H,16,17,18);2H,1,3-4H2. The summed E-state index contributed by atoms with van der Waals surface area (Å²) in [5, 5.41) is 0. The molecule has 0 aliphatic heterocycles. The predicted molar refractivity (Wildman–Crippen MR) is 71.0 cm³/mol. The van der Waals surface area contributed by atoms with Gasteiger partial charge in [-0.3, -0.25) is 4.55 Å². The van der Waals surface area contributed by atoms with Gasteiger partial charge in [-0.15, -0.1) is 6.58 Å². The Morgan fingerprint density at radius 3 is 1.57 bits per heavy atom. The van der Waals surface area contributed by atoms with Crippen molar-refractivity contribution in [3.63, 3.8) is 0 Å². The summed E-state index contributed by atoms with van der Waals surface area (Å²) in [4.78, 5) is 0. The van der Waals surface area contributed by atoms with Gasteiger partial charge in [-0.05, 0) is 0 Å². The number of hydrogen-bond acceptors (Lipinski definition) is 3. The van der Waals surface area contributed by atoms with Gasteiger partial charge in [0.1, 0.15) is 12.4 Å². The molecule has 0 fully saturated rings. The van der Waals surface area contributed by atoms with Crippen LogP contribution in [0, 0.1) is 0 Å². The Bertz CT molecular complexity index is 426. The first-order chi connectivity index (χ1) is 10.4. The normalized spacial score (nSPS) is 19.5. The fourth-order valence-corrected chi connectivity index (χ4v) is 1.71. The molecule has 0 amide bonds. The van der Waals surface area contributed by atoms with Gasteiger partial charge in [0.05, 0.1) is 0 Å². The van der Waals surface area contributed by atoms with Crippen molar-refractivity contribution in [2.24, 2.45) is 5.73 Å². The van der Waals surface area contributed by atoms with Crippen LogP contribution < -0.4 is 5.73 Å². The lowest BCUT2D eigenvalue weighted by molar-refractivity contribution is -0.0204. The maximum Gasteiger partial charge on any atom is 0.267 e. The summed E-state index contributed by atoms with van der Waals surface area (Å²) in [5.41, 5.74) is 4.91. The van der Waals surface area contributed by atoms with Crippen molar-refractivity contribution in [3.8, 4) is 0 Å². The molecule has 0 saturated carbocycles. The Kier molecular flexibility index (Phi) is 12.3. The molecular formula is C11H18F7NO3S. The molecule has 0 aromatic heterocycles. The third-order valence-electron chi connectivity index (χ3n) is 2.29. The largest absolute Gasteiger partial charge is 0.327 e. The minimum absolute atomic E-state index is 0.583. The SMILES string of the molecule is C=CCN.O=S(=O)(O)CC(F)C(F)C(F)C(F)C(F)C(F)CF. The highest BCUT2D eigenvalue weighted by Crippen LogP contribution is 2.24. The zero-order valence-corrected chi connectivity index (χ0v) is 12.6. The molecule has 3 N–H and O–H groups in total. The molecule has 0 rings (SSSR count). The number of nitrogens with two attached hydrogens (primary N) is 1. The summed E-state index contributed by atoms with van der Waals surface area (Å²) in [6.07, 6.45) is -18.5. The zero-order valence-electron chi connectivity index (χ0n) is 11.8. The van der Waals surface area contributed by atoms with Crippen LogP contribution in [0.5, 0.6) is 0 Å². The minimum atomic E-state index is -5.00. The van der Waals surface area contributed by atoms with Crippen molar-refractivity contribution in [2.45, 2.75) is 37.0 Å². The number of halogens is 7. The van der Waals surface area contributed by atoms with Crippen LogP contribution >= 0.6 is 0 Å². The van der Waals surface area contributed by atoms with Crippen LogP contribution in [0.4, 0.5) is 30.7 Å². The lowest BCUT2D eigenvalue weighted by Gasteiger charge is -2.22. The first-order valence-electron chi connectivity index (χ1n) is 6.09. The predicted octanol–water partition coefficient (Wildman–Crippen LogP) is 2.00. The molecule has 0 aromatic rings. The summed E-state index contributed by atoms with van der Waals surface area (Å²) in [6, 6.07) is 0. The molecular weight excluding hydrogens is 359 g/mol. The summed E-state index contributed by atoms with van der Waals surface area (Å²) >= 11 is 0. The van der Waals surface area contributed by atoms with Crippen molar-refractivity contribution in [1.82, 2.24) is 0 Å². The molecule has 12 heteroatoms. The first kappa shape index (κ1) is 24.4. The van der Waals surface area contributed by atoms with Crippen LogP contribution in [0.3, 0.4) is 0 Å². The molecule has 6 atom stereocenters. The molecule has 0 spiro atoms. The highest BCUT2D eigenvalue weighted by atomic mass is 32.2. The molecule has 0 bridgehead atoms. The second-order valence-electron chi connectivity index (χ2n) is 4.24. The van der Waals surface area contributed by atoms with Gasteiger partial charge in [0, 0.05) is 6.54 Å². The zero-order chi connectivity index (χ0) is 18.8. The van der Waals surface area contributed by atoms with Crippen molar-refractivity contribution >= 4 is 10.1 Å². The van der Waals surface area contributed by atoms with E-state index in [1.165, 1.54) is 0 Å². The summed E-state index contributed by atoms with van der Waals surface area (Å²) in [7, 11) is -5.00. The van der Waals surface area contributed by atoms with Gasteiger partial charge in [-0.1, -0.05) is 6.08 Å². The molecule has 140 valence electrons. The van der Waals surface area contributed by atoms with Gasteiger partial charge in [0.15, 0.2) is 37.0 Å². The topological polar surface area (TPSA) is 80.4 Å². The number of hydrogen-bond donors (Lipinski definition) is 2. The van der Waals surface area contributed by atoms with E-state index in [1.54, 1.807) is 6.08 Å². The maximum absolute atomic E-state index is 13.0. The molecule has 0 aliphatic rings. The third-order valence-corrected chi connectivity index (χ3v) is 3.03. The number of alkyl halides is 7. The second kappa shape index (κ2) is 11.6. The first-order valence-corrected chi connectivity index (χ1v) is 7.70. The summed E-state index contributed by atoms with van der Waals surface area (Å²) in [6.45, 7) is 1.95. The highest BCUT2D eigenvalue weighted by Gasteiger charge is 2.44. The number of rotatable bonds is 9. The van der Waals surface area contributed by atoms with Crippen molar-refractivity contribution in [1.29, 1.82) is 0 Å². The maximum atomic E-state index is 13.0. The van der Waals surface area contributed by atoms with Gasteiger partial charge in [-0.2, -0.15) is 8.42 Å². The summed E-state index contributed by atoms with van der Waals surface area (Å²) in [5.74, 6) is -1.87. The Morgan fingerprint density at radius 1 is 0.957 bits per heavy atom. The van der Waals surface area contributed by atoms with E-state index in [-0.39, 0.29) is 0 Å². The molecule has 4 nitrogen and oxygen atoms in total. The van der Waals surface area contributed by atoms with Crippen molar-refractivity contribution in [2.75, 3.05) is 19.0 Å². The summed E-state index contributed by atoms with van der Waals surface area (Å²) < 4.78 is 117. The molecule has 0 aliphatic carbocycles. The van der Waals surface area contributed by atoms with Gasteiger partial charge in [0.2, 0.25) is 0 Å². The van der Waals surface area contributed by atoms with E-state index < -0.39 is 59.6 Å². The van der Waals surface area contributed by atoms with Crippen LogP contribution in [-0.4, -0.2) is 69.0 Å². The fraction of sp³-hybridized carbons (Fsp3) is 0.818. The Hall–Kier alpha value is -0.880. The quantitative estimate of drug-likeness (QED) is 0.366. The average Bonchev–Trinajstić information content (AvgIpc) is 2.49. The van der Waals surface area contributed by atoms with E-state index in [2.05, 4.69) is 6.58 Å². The molecule has 6 unspecified atom stereocenters. The van der Waals surface area contributed by atoms with Crippen LogP contribution in [0.2, 0.25) is 0 Å². The van der Waals surface area contributed by atoms with Crippen LogP contribution in [0.25, 0.3) is 0 Å². The lowest BCUT2D eigenvalue weighted by atomic mass is 10.0. The average molecular weight is 377 g/mol. The van der Waals surface area contributed by atoms with E-state index in [4.69, 9.17) is 10.3 Å². The molecule has 0 radical (unpaired) electrons. The lowest BCUT2D eigenvalue weighted by Crippen LogP contribution is -2.44. The van der Waals surface area contributed by atoms with Crippen LogP contribution in [0.15, 0.2) is 12.7 Å². The minimum Gasteiger partial charge on any atom is -0.327 e. The molecule has 23 heavy (non-hydrogen) atoms. The van der Waals surface area contributed by atoms with Crippen LogP contribution in [-0.2, 0) is 10.1 Å². The van der Waals surface area contributed by atoms with E-state index in [1.807, 2.05) is 0 Å². The van der Waals surface area contributed by atoms with Gasteiger partial charge >= 0.3 is 0 Å². The van der Waals surface area contributed by atoms with Gasteiger partial charge < -0.3 is 5.73 Å². The van der Waals surface area contributed by atoms with Gasteiger partial charge in [-0.25, -0.2) is 30.7 Å². The van der Waals surface area contributed by atoms with Crippen LogP contribution in [0.1, 0.15) is 0 Å². The monoisotopic (exact) mass is 377 g/mol. The smallest absolute Gasteiger partial charge is 0.267 e.